The maximum Gasteiger partial charge on any atom is 0.0584 e. The average molecular weight is 358 g/mol. The van der Waals surface area contributed by atoms with E-state index in [2.05, 4.69) is 19.2 Å². The molecule has 0 saturated heterocycles. The maximum atomic E-state index is 9.59. The number of aliphatic hydroxyl groups excluding tert-OH is 2. The van der Waals surface area contributed by atoms with Crippen LogP contribution in [0.2, 0.25) is 0 Å². The van der Waals surface area contributed by atoms with Crippen molar-refractivity contribution in [1.29, 1.82) is 0 Å². The molecule has 0 aromatic heterocycles. The normalized spacial score (nSPS) is 13.9. The van der Waals surface area contributed by atoms with Gasteiger partial charge in [-0.2, -0.15) is 0 Å². The summed E-state index contributed by atoms with van der Waals surface area (Å²) < 4.78 is 0. The summed E-state index contributed by atoms with van der Waals surface area (Å²) in [5, 5.41) is 21.9. The number of rotatable bonds is 20. The Balaban J connectivity index is 4.04. The number of hydrogen-bond donors (Lipinski definition) is 3. The van der Waals surface area contributed by atoms with Gasteiger partial charge >= 0.3 is 0 Å². The Bertz CT molecular complexity index is 248. The van der Waals surface area contributed by atoms with Crippen LogP contribution in [0.15, 0.2) is 0 Å². The van der Waals surface area contributed by atoms with Crippen molar-refractivity contribution in [2.24, 2.45) is 5.92 Å². The van der Waals surface area contributed by atoms with Gasteiger partial charge in [-0.15, -0.1) is 0 Å². The molecular weight excluding hydrogens is 310 g/mol. The molecule has 0 aliphatic carbocycles. The topological polar surface area (TPSA) is 52.5 Å². The van der Waals surface area contributed by atoms with Gasteiger partial charge in [0.15, 0.2) is 0 Å². The number of nitrogens with one attached hydrogen (secondary N) is 1. The van der Waals surface area contributed by atoms with Crippen LogP contribution in [0.25, 0.3) is 0 Å². The lowest BCUT2D eigenvalue weighted by Crippen LogP contribution is -2.36. The molecule has 25 heavy (non-hydrogen) atoms. The van der Waals surface area contributed by atoms with Crippen LogP contribution in [-0.2, 0) is 0 Å². The van der Waals surface area contributed by atoms with Gasteiger partial charge in [0.05, 0.1) is 13.2 Å². The molecule has 2 atom stereocenters. The fourth-order valence-corrected chi connectivity index (χ4v) is 3.70. The highest BCUT2D eigenvalue weighted by atomic mass is 16.3. The summed E-state index contributed by atoms with van der Waals surface area (Å²) >= 11 is 0. The second-order valence-electron chi connectivity index (χ2n) is 7.77. The molecule has 0 bridgehead atoms. The lowest BCUT2D eigenvalue weighted by atomic mass is 9.89. The minimum atomic E-state index is 0.149. The van der Waals surface area contributed by atoms with Crippen LogP contribution in [0.4, 0.5) is 0 Å². The van der Waals surface area contributed by atoms with Gasteiger partial charge in [-0.1, -0.05) is 104 Å². The Kier molecular flexibility index (Phi) is 20.1. The van der Waals surface area contributed by atoms with Crippen LogP contribution in [-0.4, -0.2) is 36.0 Å². The highest BCUT2D eigenvalue weighted by Crippen LogP contribution is 2.23. The van der Waals surface area contributed by atoms with Crippen LogP contribution in [0, 0.1) is 5.92 Å². The van der Waals surface area contributed by atoms with E-state index in [9.17, 15) is 5.11 Å². The Morgan fingerprint density at radius 1 is 0.680 bits per heavy atom. The molecule has 3 nitrogen and oxygen atoms in total. The van der Waals surface area contributed by atoms with Crippen molar-refractivity contribution in [2.75, 3.05) is 19.8 Å². The van der Waals surface area contributed by atoms with Crippen molar-refractivity contribution >= 4 is 0 Å². The first kappa shape index (κ1) is 24.9. The quantitative estimate of drug-likeness (QED) is 0.254. The highest BCUT2D eigenvalue weighted by molar-refractivity contribution is 4.72. The van der Waals surface area contributed by atoms with Crippen molar-refractivity contribution in [1.82, 2.24) is 5.32 Å². The lowest BCUT2D eigenvalue weighted by molar-refractivity contribution is 0.199. The van der Waals surface area contributed by atoms with E-state index >= 15 is 0 Å². The van der Waals surface area contributed by atoms with E-state index in [1.807, 2.05) is 0 Å². The van der Waals surface area contributed by atoms with Crippen molar-refractivity contribution < 1.29 is 10.2 Å². The van der Waals surface area contributed by atoms with E-state index in [-0.39, 0.29) is 19.3 Å². The molecule has 2 unspecified atom stereocenters. The molecule has 3 N–H and O–H groups in total. The van der Waals surface area contributed by atoms with E-state index in [4.69, 9.17) is 5.11 Å². The van der Waals surface area contributed by atoms with Gasteiger partial charge in [0.1, 0.15) is 0 Å². The SMILES string of the molecule is CCCCCCCCCC(CCCCCCC)CC(CO)NCCO. The fourth-order valence-electron chi connectivity index (χ4n) is 3.70. The van der Waals surface area contributed by atoms with Gasteiger partial charge in [-0.05, 0) is 12.3 Å². The van der Waals surface area contributed by atoms with E-state index < -0.39 is 0 Å². The largest absolute Gasteiger partial charge is 0.395 e. The van der Waals surface area contributed by atoms with Gasteiger partial charge < -0.3 is 15.5 Å². The van der Waals surface area contributed by atoms with Gasteiger partial charge in [-0.3, -0.25) is 0 Å². The van der Waals surface area contributed by atoms with Crippen molar-refractivity contribution in [2.45, 2.75) is 116 Å². The van der Waals surface area contributed by atoms with Crippen LogP contribution in [0.1, 0.15) is 110 Å². The average Bonchev–Trinajstić information content (AvgIpc) is 2.63. The zero-order valence-corrected chi connectivity index (χ0v) is 17.3. The summed E-state index contributed by atoms with van der Waals surface area (Å²) in [7, 11) is 0. The predicted octanol–water partition coefficient (Wildman–Crippen LogP) is 5.44. The fraction of sp³-hybridized carbons (Fsp3) is 1.00. The van der Waals surface area contributed by atoms with Crippen LogP contribution in [0.5, 0.6) is 0 Å². The monoisotopic (exact) mass is 357 g/mol. The van der Waals surface area contributed by atoms with Crippen molar-refractivity contribution in [3.05, 3.63) is 0 Å². The summed E-state index contributed by atoms with van der Waals surface area (Å²) in [6.07, 6.45) is 20.0. The minimum absolute atomic E-state index is 0.149. The molecule has 3 heteroatoms. The van der Waals surface area contributed by atoms with E-state index in [1.54, 1.807) is 0 Å². The standard InChI is InChI=1S/C22H47NO2/c1-3-5-7-9-10-12-14-16-21(15-13-11-8-6-4-2)19-22(20-25)23-17-18-24/h21-25H,3-20H2,1-2H3. The summed E-state index contributed by atoms with van der Waals surface area (Å²) in [5.74, 6) is 0.723. The van der Waals surface area contributed by atoms with Crippen molar-refractivity contribution in [3.63, 3.8) is 0 Å². The molecule has 152 valence electrons. The number of aliphatic hydroxyl groups is 2. The van der Waals surface area contributed by atoms with Gasteiger partial charge in [0.25, 0.3) is 0 Å². The lowest BCUT2D eigenvalue weighted by Gasteiger charge is -2.23. The van der Waals surface area contributed by atoms with Gasteiger partial charge in [0, 0.05) is 12.6 Å². The molecule has 0 radical (unpaired) electrons. The molecule has 0 saturated carbocycles. The Morgan fingerprint density at radius 2 is 1.16 bits per heavy atom. The zero-order valence-electron chi connectivity index (χ0n) is 17.3. The smallest absolute Gasteiger partial charge is 0.0584 e. The predicted molar refractivity (Wildman–Crippen MR) is 110 cm³/mol. The third-order valence-electron chi connectivity index (χ3n) is 5.31. The Morgan fingerprint density at radius 3 is 1.60 bits per heavy atom. The van der Waals surface area contributed by atoms with E-state index in [0.29, 0.717) is 6.54 Å². The van der Waals surface area contributed by atoms with Gasteiger partial charge in [0.2, 0.25) is 0 Å². The second-order valence-corrected chi connectivity index (χ2v) is 7.77. The Labute approximate surface area is 158 Å². The van der Waals surface area contributed by atoms with Crippen molar-refractivity contribution in [3.8, 4) is 0 Å². The zero-order chi connectivity index (χ0) is 18.6. The third-order valence-corrected chi connectivity index (χ3v) is 5.31. The van der Waals surface area contributed by atoms with Crippen LogP contribution >= 0.6 is 0 Å². The second kappa shape index (κ2) is 20.2. The first-order valence-corrected chi connectivity index (χ1v) is 11.2. The number of hydrogen-bond acceptors (Lipinski definition) is 3. The summed E-state index contributed by atoms with van der Waals surface area (Å²) in [6.45, 7) is 5.46. The summed E-state index contributed by atoms with van der Waals surface area (Å²) in [5.41, 5.74) is 0. The van der Waals surface area contributed by atoms with Crippen LogP contribution in [0.3, 0.4) is 0 Å². The molecule has 0 amide bonds. The molecule has 0 aromatic rings. The summed E-state index contributed by atoms with van der Waals surface area (Å²) in [4.78, 5) is 0. The maximum absolute atomic E-state index is 9.59. The first-order chi connectivity index (χ1) is 12.3. The molecule has 0 heterocycles. The Hall–Kier alpha value is -0.120. The van der Waals surface area contributed by atoms with Crippen LogP contribution < -0.4 is 5.32 Å². The molecule has 0 spiro atoms. The van der Waals surface area contributed by atoms with Gasteiger partial charge in [-0.25, -0.2) is 0 Å². The molecule has 0 rings (SSSR count). The molecule has 0 aliphatic rings. The highest BCUT2D eigenvalue weighted by Gasteiger charge is 2.15. The molecular formula is C22H47NO2. The molecule has 0 aliphatic heterocycles. The molecule has 0 aromatic carbocycles. The molecule has 0 fully saturated rings. The number of unbranched alkanes of at least 4 members (excludes halogenated alkanes) is 10. The van der Waals surface area contributed by atoms with E-state index in [1.165, 1.54) is 89.9 Å². The minimum Gasteiger partial charge on any atom is -0.395 e. The summed E-state index contributed by atoms with van der Waals surface area (Å²) in [6, 6.07) is 0.150. The van der Waals surface area contributed by atoms with E-state index in [0.717, 1.165) is 12.3 Å². The third kappa shape index (κ3) is 17.1. The first-order valence-electron chi connectivity index (χ1n) is 11.2.